The summed E-state index contributed by atoms with van der Waals surface area (Å²) < 4.78 is 5.53. The van der Waals surface area contributed by atoms with Crippen molar-refractivity contribution in [3.8, 4) is 0 Å². The summed E-state index contributed by atoms with van der Waals surface area (Å²) in [5.74, 6) is 0.828. The Morgan fingerprint density at radius 3 is 2.96 bits per heavy atom. The van der Waals surface area contributed by atoms with Crippen LogP contribution in [0.15, 0.2) is 11.2 Å². The van der Waals surface area contributed by atoms with E-state index in [-0.39, 0.29) is 12.0 Å². The Morgan fingerprint density at radius 1 is 1.46 bits per heavy atom. The van der Waals surface area contributed by atoms with Crippen molar-refractivity contribution < 1.29 is 9.84 Å². The molecule has 136 valence electrons. The van der Waals surface area contributed by atoms with Crippen LogP contribution < -0.4 is 10.6 Å². The number of ether oxygens (including phenoxy) is 1. The lowest BCUT2D eigenvalue weighted by atomic mass is 9.84. The SMILES string of the molecule is CCNC(=NCC1(CCO)CCOC1)NCCc1ncc(CC)s1. The second-order valence-corrected chi connectivity index (χ2v) is 7.42. The first-order valence-corrected chi connectivity index (χ1v) is 9.67. The number of thiazole rings is 1. The van der Waals surface area contributed by atoms with Crippen LogP contribution in [0.2, 0.25) is 0 Å². The fraction of sp³-hybridized carbons (Fsp3) is 0.765. The zero-order valence-corrected chi connectivity index (χ0v) is 15.6. The van der Waals surface area contributed by atoms with Crippen LogP contribution in [0.3, 0.4) is 0 Å². The Morgan fingerprint density at radius 2 is 2.33 bits per heavy atom. The number of aromatic nitrogens is 1. The van der Waals surface area contributed by atoms with E-state index >= 15 is 0 Å². The van der Waals surface area contributed by atoms with E-state index in [0.717, 1.165) is 56.3 Å². The molecule has 1 saturated heterocycles. The quantitative estimate of drug-likeness (QED) is 0.464. The molecule has 7 heteroatoms. The topological polar surface area (TPSA) is 78.8 Å². The molecule has 1 aliphatic heterocycles. The van der Waals surface area contributed by atoms with Crippen LogP contribution >= 0.6 is 11.3 Å². The smallest absolute Gasteiger partial charge is 0.191 e. The van der Waals surface area contributed by atoms with Crippen LogP contribution in [0.1, 0.15) is 36.6 Å². The van der Waals surface area contributed by atoms with Gasteiger partial charge in [-0.3, -0.25) is 4.99 Å². The molecule has 3 N–H and O–H groups in total. The monoisotopic (exact) mass is 354 g/mol. The third-order valence-corrected chi connectivity index (χ3v) is 5.53. The Bertz CT molecular complexity index is 512. The van der Waals surface area contributed by atoms with Crippen LogP contribution in [0.4, 0.5) is 0 Å². The number of hydrogen-bond acceptors (Lipinski definition) is 5. The van der Waals surface area contributed by atoms with E-state index in [1.165, 1.54) is 4.88 Å². The van der Waals surface area contributed by atoms with Crippen molar-refractivity contribution in [1.29, 1.82) is 0 Å². The average molecular weight is 355 g/mol. The lowest BCUT2D eigenvalue weighted by Gasteiger charge is -2.24. The van der Waals surface area contributed by atoms with Gasteiger partial charge in [0.25, 0.3) is 0 Å². The van der Waals surface area contributed by atoms with E-state index in [9.17, 15) is 5.11 Å². The van der Waals surface area contributed by atoms with Crippen molar-refractivity contribution >= 4 is 17.3 Å². The molecule has 2 heterocycles. The van der Waals surface area contributed by atoms with Crippen LogP contribution in [-0.2, 0) is 17.6 Å². The number of rotatable bonds is 9. The first kappa shape index (κ1) is 19.1. The van der Waals surface area contributed by atoms with Gasteiger partial charge in [0.2, 0.25) is 0 Å². The van der Waals surface area contributed by atoms with Gasteiger partial charge in [0.1, 0.15) is 0 Å². The number of nitrogens with one attached hydrogen (secondary N) is 2. The molecular weight excluding hydrogens is 324 g/mol. The number of aliphatic hydroxyl groups excluding tert-OH is 1. The van der Waals surface area contributed by atoms with E-state index in [0.29, 0.717) is 13.2 Å². The van der Waals surface area contributed by atoms with Gasteiger partial charge >= 0.3 is 0 Å². The van der Waals surface area contributed by atoms with Crippen molar-refractivity contribution in [1.82, 2.24) is 15.6 Å². The van der Waals surface area contributed by atoms with E-state index < -0.39 is 0 Å². The normalized spacial score (nSPS) is 21.2. The fourth-order valence-corrected chi connectivity index (χ4v) is 3.65. The van der Waals surface area contributed by atoms with Crippen LogP contribution in [-0.4, -0.2) is 55.5 Å². The maximum absolute atomic E-state index is 9.31. The van der Waals surface area contributed by atoms with E-state index in [1.807, 2.05) is 6.20 Å². The fourth-order valence-electron chi connectivity index (χ4n) is 2.79. The number of hydrogen-bond donors (Lipinski definition) is 3. The Kier molecular flexibility index (Phi) is 7.94. The summed E-state index contributed by atoms with van der Waals surface area (Å²) in [7, 11) is 0. The summed E-state index contributed by atoms with van der Waals surface area (Å²) >= 11 is 1.78. The first-order chi connectivity index (χ1) is 11.7. The van der Waals surface area contributed by atoms with Gasteiger partial charge in [0.15, 0.2) is 5.96 Å². The van der Waals surface area contributed by atoms with Crippen LogP contribution in [0, 0.1) is 5.41 Å². The molecule has 1 atom stereocenters. The van der Waals surface area contributed by atoms with Gasteiger partial charge in [0, 0.05) is 49.2 Å². The summed E-state index contributed by atoms with van der Waals surface area (Å²) in [6.07, 6.45) is 5.63. The standard InChI is InChI=1S/C17H30N4O2S/c1-3-14-11-20-15(24-14)5-8-19-16(18-4-2)21-12-17(6-9-22)7-10-23-13-17/h11,22H,3-10,12-13H2,1-2H3,(H2,18,19,21). The minimum absolute atomic E-state index is 0.0115. The lowest BCUT2D eigenvalue weighted by molar-refractivity contribution is 0.131. The number of nitrogens with zero attached hydrogens (tertiary/aromatic N) is 2. The number of aliphatic hydroxyl groups is 1. The highest BCUT2D eigenvalue weighted by Gasteiger charge is 2.34. The molecule has 6 nitrogen and oxygen atoms in total. The van der Waals surface area contributed by atoms with Gasteiger partial charge in [-0.2, -0.15) is 0 Å². The summed E-state index contributed by atoms with van der Waals surface area (Å²) in [6, 6.07) is 0. The molecule has 1 unspecified atom stereocenters. The molecule has 0 radical (unpaired) electrons. The molecule has 0 amide bonds. The summed E-state index contributed by atoms with van der Waals surface area (Å²) in [5, 5.41) is 17.1. The zero-order valence-electron chi connectivity index (χ0n) is 14.8. The number of aliphatic imine (C=N–C) groups is 1. The molecule has 0 aromatic carbocycles. The van der Waals surface area contributed by atoms with E-state index in [2.05, 4.69) is 29.5 Å². The molecule has 0 aliphatic carbocycles. The highest BCUT2D eigenvalue weighted by molar-refractivity contribution is 7.11. The average Bonchev–Trinajstić information content (AvgIpc) is 3.23. The number of aryl methyl sites for hydroxylation is 1. The van der Waals surface area contributed by atoms with Crippen molar-refractivity contribution in [3.05, 3.63) is 16.1 Å². The maximum atomic E-state index is 9.31. The molecule has 24 heavy (non-hydrogen) atoms. The second-order valence-electron chi connectivity index (χ2n) is 6.22. The highest BCUT2D eigenvalue weighted by atomic mass is 32.1. The molecular formula is C17H30N4O2S. The third kappa shape index (κ3) is 5.72. The summed E-state index contributed by atoms with van der Waals surface area (Å²) in [4.78, 5) is 10.5. The van der Waals surface area contributed by atoms with Crippen LogP contribution in [0.25, 0.3) is 0 Å². The van der Waals surface area contributed by atoms with Gasteiger partial charge in [-0.25, -0.2) is 4.98 Å². The van der Waals surface area contributed by atoms with Gasteiger partial charge in [-0.15, -0.1) is 11.3 Å². The molecule has 1 aliphatic rings. The van der Waals surface area contributed by atoms with E-state index in [1.54, 1.807) is 11.3 Å². The van der Waals surface area contributed by atoms with Crippen molar-refractivity contribution in [2.45, 2.75) is 39.5 Å². The van der Waals surface area contributed by atoms with Gasteiger partial charge < -0.3 is 20.5 Å². The minimum Gasteiger partial charge on any atom is -0.396 e. The van der Waals surface area contributed by atoms with Crippen molar-refractivity contribution in [3.63, 3.8) is 0 Å². The third-order valence-electron chi connectivity index (χ3n) is 4.33. The summed E-state index contributed by atoms with van der Waals surface area (Å²) in [6.45, 7) is 8.18. The Labute approximate surface area is 148 Å². The lowest BCUT2D eigenvalue weighted by Crippen LogP contribution is -2.39. The van der Waals surface area contributed by atoms with Gasteiger partial charge in [0.05, 0.1) is 18.2 Å². The van der Waals surface area contributed by atoms with Crippen LogP contribution in [0.5, 0.6) is 0 Å². The molecule has 1 aromatic rings. The van der Waals surface area contributed by atoms with E-state index in [4.69, 9.17) is 9.73 Å². The molecule has 0 saturated carbocycles. The molecule has 2 rings (SSSR count). The van der Waals surface area contributed by atoms with Crippen molar-refractivity contribution in [2.75, 3.05) is 39.5 Å². The Hall–Kier alpha value is -1.18. The van der Waals surface area contributed by atoms with Gasteiger partial charge in [-0.05, 0) is 26.2 Å². The molecule has 0 spiro atoms. The maximum Gasteiger partial charge on any atom is 0.191 e. The molecule has 1 aromatic heterocycles. The molecule has 1 fully saturated rings. The summed E-state index contributed by atoms with van der Waals surface area (Å²) in [5.41, 5.74) is -0.0115. The van der Waals surface area contributed by atoms with Gasteiger partial charge in [-0.1, -0.05) is 6.92 Å². The minimum atomic E-state index is -0.0115. The predicted molar refractivity (Wildman–Crippen MR) is 98.7 cm³/mol. The predicted octanol–water partition coefficient (Wildman–Crippen LogP) is 1.59. The molecule has 0 bridgehead atoms. The second kappa shape index (κ2) is 9.96. The number of guanidine groups is 1. The van der Waals surface area contributed by atoms with Crippen molar-refractivity contribution in [2.24, 2.45) is 10.4 Å². The largest absolute Gasteiger partial charge is 0.396 e. The Balaban J connectivity index is 1.85. The first-order valence-electron chi connectivity index (χ1n) is 8.85. The zero-order chi connectivity index (χ0) is 17.3. The highest BCUT2D eigenvalue weighted by Crippen LogP contribution is 2.32.